The maximum atomic E-state index is 12.4. The van der Waals surface area contributed by atoms with Crippen LogP contribution in [0.5, 0.6) is 0 Å². The molecule has 0 fully saturated rings. The molecular weight excluding hydrogens is 350 g/mol. The van der Waals surface area contributed by atoms with Crippen molar-refractivity contribution < 1.29 is 4.79 Å². The monoisotopic (exact) mass is 361 g/mol. The van der Waals surface area contributed by atoms with Crippen LogP contribution in [-0.4, -0.2) is 10.8 Å². The molecule has 0 unspecified atom stereocenters. The summed E-state index contributed by atoms with van der Waals surface area (Å²) in [6, 6.07) is 16.8. The van der Waals surface area contributed by atoms with Crippen molar-refractivity contribution in [2.24, 2.45) is 0 Å². The Morgan fingerprint density at radius 3 is 2.62 bits per heavy atom. The Morgan fingerprint density at radius 1 is 1.00 bits per heavy atom. The summed E-state index contributed by atoms with van der Waals surface area (Å²) in [6.45, 7) is 0. The van der Waals surface area contributed by atoms with Crippen molar-refractivity contribution in [3.63, 3.8) is 0 Å². The van der Waals surface area contributed by atoms with Crippen molar-refractivity contribution in [2.75, 3.05) is 0 Å². The number of ketones is 1. The van der Waals surface area contributed by atoms with Gasteiger partial charge in [0.05, 0.1) is 10.5 Å². The summed E-state index contributed by atoms with van der Waals surface area (Å²) in [6.07, 6.45) is 2.08. The number of carbonyl (C=O) groups excluding carboxylic acids is 1. The number of carbonyl (C=O) groups is 1. The van der Waals surface area contributed by atoms with E-state index in [0.29, 0.717) is 17.0 Å². The van der Waals surface area contributed by atoms with Crippen LogP contribution in [0.15, 0.2) is 60.8 Å². The van der Waals surface area contributed by atoms with Crippen LogP contribution in [0.3, 0.4) is 0 Å². The second-order valence-corrected chi connectivity index (χ2v) is 4.97. The molecule has 0 aliphatic heterocycles. The van der Waals surface area contributed by atoms with E-state index >= 15 is 0 Å². The van der Waals surface area contributed by atoms with Gasteiger partial charge in [-0.1, -0.05) is 41.9 Å². The topological polar surface area (TPSA) is 30.0 Å². The smallest absolute Gasteiger partial charge is 0.168 e. The van der Waals surface area contributed by atoms with E-state index in [-0.39, 0.29) is 22.8 Å². The SMILES string of the molecule is Br.O=C(Cc1cccc2ncccc12)c1ccccc1Cl. The number of hydrogen-bond donors (Lipinski definition) is 0. The number of aromatic nitrogens is 1. The fourth-order valence-corrected chi connectivity index (χ4v) is 2.52. The summed E-state index contributed by atoms with van der Waals surface area (Å²) < 4.78 is 0. The predicted molar refractivity (Wildman–Crippen MR) is 91.6 cm³/mol. The average molecular weight is 363 g/mol. The van der Waals surface area contributed by atoms with Gasteiger partial charge in [0.25, 0.3) is 0 Å². The van der Waals surface area contributed by atoms with Gasteiger partial charge in [0.2, 0.25) is 0 Å². The van der Waals surface area contributed by atoms with Gasteiger partial charge >= 0.3 is 0 Å². The molecule has 21 heavy (non-hydrogen) atoms. The van der Waals surface area contributed by atoms with Gasteiger partial charge in [0, 0.05) is 23.6 Å². The van der Waals surface area contributed by atoms with E-state index in [1.165, 1.54) is 0 Å². The maximum Gasteiger partial charge on any atom is 0.168 e. The molecule has 1 heterocycles. The lowest BCUT2D eigenvalue weighted by Crippen LogP contribution is -2.04. The number of nitrogens with zero attached hydrogens (tertiary/aromatic N) is 1. The van der Waals surface area contributed by atoms with Crippen LogP contribution >= 0.6 is 28.6 Å². The molecule has 0 saturated heterocycles. The number of rotatable bonds is 3. The Labute approximate surface area is 138 Å². The zero-order valence-corrected chi connectivity index (χ0v) is 13.6. The molecule has 1 aromatic heterocycles. The molecule has 4 heteroatoms. The molecule has 0 atom stereocenters. The number of fused-ring (bicyclic) bond motifs is 1. The molecule has 2 nitrogen and oxygen atoms in total. The van der Waals surface area contributed by atoms with E-state index < -0.39 is 0 Å². The third-order valence-electron chi connectivity index (χ3n) is 3.26. The number of hydrogen-bond acceptors (Lipinski definition) is 2. The molecule has 3 aromatic rings. The second kappa shape index (κ2) is 6.83. The molecule has 0 radical (unpaired) electrons. The lowest BCUT2D eigenvalue weighted by Gasteiger charge is -2.06. The van der Waals surface area contributed by atoms with Crippen molar-refractivity contribution >= 4 is 45.3 Å². The third-order valence-corrected chi connectivity index (χ3v) is 3.59. The molecule has 0 bridgehead atoms. The van der Waals surface area contributed by atoms with Crippen LogP contribution in [0.2, 0.25) is 5.02 Å². The van der Waals surface area contributed by atoms with Crippen LogP contribution in [0.1, 0.15) is 15.9 Å². The molecule has 106 valence electrons. The molecule has 0 aliphatic carbocycles. The summed E-state index contributed by atoms with van der Waals surface area (Å²) in [5.74, 6) is 0.0203. The third kappa shape index (κ3) is 3.31. The fraction of sp³-hybridized carbons (Fsp3) is 0.0588. The summed E-state index contributed by atoms with van der Waals surface area (Å²) in [5.41, 5.74) is 2.44. The Hall–Kier alpha value is -1.71. The van der Waals surface area contributed by atoms with Gasteiger partial charge in [-0.25, -0.2) is 0 Å². The molecule has 3 rings (SSSR count). The highest BCUT2D eigenvalue weighted by atomic mass is 79.9. The van der Waals surface area contributed by atoms with E-state index in [1.807, 2.05) is 42.5 Å². The lowest BCUT2D eigenvalue weighted by molar-refractivity contribution is 0.0993. The zero-order valence-electron chi connectivity index (χ0n) is 11.1. The van der Waals surface area contributed by atoms with Crippen molar-refractivity contribution in [1.29, 1.82) is 0 Å². The van der Waals surface area contributed by atoms with Crippen LogP contribution in [0.25, 0.3) is 10.9 Å². The van der Waals surface area contributed by atoms with Crippen LogP contribution in [0, 0.1) is 0 Å². The molecule has 0 N–H and O–H groups in total. The van der Waals surface area contributed by atoms with Crippen LogP contribution in [-0.2, 0) is 6.42 Å². The highest BCUT2D eigenvalue weighted by Gasteiger charge is 2.12. The first-order valence-corrected chi connectivity index (χ1v) is 6.74. The summed E-state index contributed by atoms with van der Waals surface area (Å²) in [7, 11) is 0. The average Bonchev–Trinajstić information content (AvgIpc) is 2.48. The van der Waals surface area contributed by atoms with E-state index in [0.717, 1.165) is 16.5 Å². The standard InChI is InChI=1S/C17H12ClNO.BrH/c18-15-8-2-1-6-14(15)17(20)11-12-5-3-9-16-13(12)7-4-10-19-16;/h1-10H,11H2;1H. The van der Waals surface area contributed by atoms with Crippen LogP contribution < -0.4 is 0 Å². The molecule has 0 amide bonds. The second-order valence-electron chi connectivity index (χ2n) is 4.57. The first-order chi connectivity index (χ1) is 9.75. The van der Waals surface area contributed by atoms with E-state index in [4.69, 9.17) is 11.6 Å². The Kier molecular flexibility index (Phi) is 5.10. The van der Waals surface area contributed by atoms with Gasteiger partial charge in [-0.15, -0.1) is 17.0 Å². The molecular formula is C17H13BrClNO. The largest absolute Gasteiger partial charge is 0.294 e. The Morgan fingerprint density at radius 2 is 1.81 bits per heavy atom. The van der Waals surface area contributed by atoms with Crippen molar-refractivity contribution in [3.05, 3.63) is 76.9 Å². The number of benzene rings is 2. The normalized spacial score (nSPS) is 10.1. The maximum absolute atomic E-state index is 12.4. The predicted octanol–water partition coefficient (Wildman–Crippen LogP) is 4.89. The van der Waals surface area contributed by atoms with E-state index in [9.17, 15) is 4.79 Å². The summed E-state index contributed by atoms with van der Waals surface area (Å²) in [4.78, 5) is 16.7. The highest BCUT2D eigenvalue weighted by molar-refractivity contribution is 8.93. The van der Waals surface area contributed by atoms with Gasteiger partial charge < -0.3 is 0 Å². The number of halogens is 2. The van der Waals surface area contributed by atoms with Crippen LogP contribution in [0.4, 0.5) is 0 Å². The first-order valence-electron chi connectivity index (χ1n) is 6.36. The minimum Gasteiger partial charge on any atom is -0.294 e. The van der Waals surface area contributed by atoms with Gasteiger partial charge in [-0.05, 0) is 29.8 Å². The minimum atomic E-state index is 0. The van der Waals surface area contributed by atoms with E-state index in [2.05, 4.69) is 4.98 Å². The van der Waals surface area contributed by atoms with Crippen molar-refractivity contribution in [1.82, 2.24) is 4.98 Å². The highest BCUT2D eigenvalue weighted by Crippen LogP contribution is 2.21. The van der Waals surface area contributed by atoms with Gasteiger partial charge in [0.15, 0.2) is 5.78 Å². The van der Waals surface area contributed by atoms with Crippen molar-refractivity contribution in [2.45, 2.75) is 6.42 Å². The number of pyridine rings is 1. The van der Waals surface area contributed by atoms with E-state index in [1.54, 1.807) is 18.3 Å². The Bertz CT molecular complexity index is 783. The minimum absolute atomic E-state index is 0. The van der Waals surface area contributed by atoms with Crippen molar-refractivity contribution in [3.8, 4) is 0 Å². The summed E-state index contributed by atoms with van der Waals surface area (Å²) in [5, 5.41) is 1.51. The van der Waals surface area contributed by atoms with Gasteiger partial charge in [0.1, 0.15) is 0 Å². The quantitative estimate of drug-likeness (QED) is 0.621. The molecule has 2 aromatic carbocycles. The van der Waals surface area contributed by atoms with Gasteiger partial charge in [-0.2, -0.15) is 0 Å². The molecule has 0 spiro atoms. The lowest BCUT2D eigenvalue weighted by atomic mass is 9.99. The van der Waals surface area contributed by atoms with Gasteiger partial charge in [-0.3, -0.25) is 9.78 Å². The summed E-state index contributed by atoms with van der Waals surface area (Å²) >= 11 is 6.07. The number of Topliss-reactive ketones (excluding diaryl/α,β-unsaturated/α-hetero) is 1. The zero-order chi connectivity index (χ0) is 13.9. The molecule has 0 saturated carbocycles. The molecule has 0 aliphatic rings. The Balaban J connectivity index is 0.00000161. The first kappa shape index (κ1) is 15.7. The fourth-order valence-electron chi connectivity index (χ4n) is 2.28.